The molecule has 3 amide bonds. The molecule has 0 saturated carbocycles. The third-order valence-electron chi connectivity index (χ3n) is 4.61. The van der Waals surface area contributed by atoms with Gasteiger partial charge in [-0.15, -0.1) is 10.2 Å². The summed E-state index contributed by atoms with van der Waals surface area (Å²) in [6.07, 6.45) is 3.94. The topological polar surface area (TPSA) is 101 Å². The van der Waals surface area contributed by atoms with Gasteiger partial charge in [0, 0.05) is 19.6 Å². The van der Waals surface area contributed by atoms with Crippen molar-refractivity contribution in [2.24, 2.45) is 7.05 Å². The van der Waals surface area contributed by atoms with Crippen LogP contribution in [0, 0.1) is 0 Å². The Morgan fingerprint density at radius 3 is 2.56 bits per heavy atom. The maximum atomic E-state index is 12.9. The Hall–Kier alpha value is -2.32. The zero-order chi connectivity index (χ0) is 20.2. The van der Waals surface area contributed by atoms with Crippen molar-refractivity contribution in [2.45, 2.75) is 77.6 Å². The molecule has 9 nitrogen and oxygen atoms in total. The number of ether oxygens (including phenoxy) is 1. The predicted octanol–water partition coefficient (Wildman–Crippen LogP) is 2.35. The standard InChI is InChI=1S/C18H32N6O3/c1-12(21-17(26)27-18(3,4)5)14-9-7-8-10-24(14)16(25)20-13(2)15-22-19-11-23(15)6/h11-14H,7-10H2,1-6H3,(H,20,25)(H,21,26). The summed E-state index contributed by atoms with van der Waals surface area (Å²) < 4.78 is 7.12. The first-order valence-corrected chi connectivity index (χ1v) is 9.49. The Morgan fingerprint density at radius 1 is 1.26 bits per heavy atom. The molecule has 0 bridgehead atoms. The molecule has 152 valence electrons. The molecule has 0 spiro atoms. The highest BCUT2D eigenvalue weighted by molar-refractivity contribution is 5.75. The lowest BCUT2D eigenvalue weighted by atomic mass is 9.97. The molecule has 0 aromatic carbocycles. The van der Waals surface area contributed by atoms with E-state index in [1.165, 1.54) is 0 Å². The number of nitrogens with one attached hydrogen (secondary N) is 2. The first-order chi connectivity index (χ1) is 12.6. The van der Waals surface area contributed by atoms with Crippen molar-refractivity contribution in [1.29, 1.82) is 0 Å². The maximum Gasteiger partial charge on any atom is 0.407 e. The number of rotatable bonds is 4. The smallest absolute Gasteiger partial charge is 0.407 e. The fourth-order valence-corrected chi connectivity index (χ4v) is 3.34. The lowest BCUT2D eigenvalue weighted by molar-refractivity contribution is 0.0461. The van der Waals surface area contributed by atoms with Gasteiger partial charge >= 0.3 is 12.1 Å². The molecular weight excluding hydrogens is 348 g/mol. The molecule has 2 heterocycles. The minimum absolute atomic E-state index is 0.0852. The van der Waals surface area contributed by atoms with Crippen molar-refractivity contribution in [1.82, 2.24) is 30.3 Å². The average Bonchev–Trinajstić information content (AvgIpc) is 2.99. The maximum absolute atomic E-state index is 12.9. The number of urea groups is 1. The van der Waals surface area contributed by atoms with Crippen molar-refractivity contribution in [2.75, 3.05) is 6.54 Å². The number of hydrogen-bond acceptors (Lipinski definition) is 5. The molecule has 3 atom stereocenters. The van der Waals surface area contributed by atoms with Crippen LogP contribution in [0.4, 0.5) is 9.59 Å². The molecule has 2 N–H and O–H groups in total. The highest BCUT2D eigenvalue weighted by Gasteiger charge is 2.33. The third kappa shape index (κ3) is 5.83. The fraction of sp³-hybridized carbons (Fsp3) is 0.778. The van der Waals surface area contributed by atoms with E-state index >= 15 is 0 Å². The van der Waals surface area contributed by atoms with Crippen LogP contribution in [-0.2, 0) is 11.8 Å². The molecule has 0 radical (unpaired) electrons. The third-order valence-corrected chi connectivity index (χ3v) is 4.61. The molecule has 27 heavy (non-hydrogen) atoms. The first-order valence-electron chi connectivity index (χ1n) is 9.49. The Bertz CT molecular complexity index is 654. The number of amides is 3. The summed E-state index contributed by atoms with van der Waals surface area (Å²) in [5.41, 5.74) is -0.557. The number of aryl methyl sites for hydroxylation is 1. The zero-order valence-corrected chi connectivity index (χ0v) is 17.2. The molecule has 2 rings (SSSR count). The van der Waals surface area contributed by atoms with Gasteiger partial charge in [-0.25, -0.2) is 9.59 Å². The van der Waals surface area contributed by atoms with Gasteiger partial charge in [-0.2, -0.15) is 0 Å². The van der Waals surface area contributed by atoms with Gasteiger partial charge in [0.2, 0.25) is 0 Å². The molecule has 0 aliphatic carbocycles. The van der Waals surface area contributed by atoms with Gasteiger partial charge in [0.15, 0.2) is 5.82 Å². The molecule has 1 saturated heterocycles. The molecule has 1 fully saturated rings. The second kappa shape index (κ2) is 8.58. The number of hydrogen-bond donors (Lipinski definition) is 2. The van der Waals surface area contributed by atoms with Gasteiger partial charge in [-0.05, 0) is 53.9 Å². The van der Waals surface area contributed by atoms with Crippen LogP contribution in [0.1, 0.15) is 65.7 Å². The summed E-state index contributed by atoms with van der Waals surface area (Å²) in [7, 11) is 1.84. The van der Waals surface area contributed by atoms with E-state index in [1.54, 1.807) is 15.8 Å². The number of carbonyl (C=O) groups is 2. The lowest BCUT2D eigenvalue weighted by Gasteiger charge is -2.39. The number of piperidine rings is 1. The molecule has 9 heteroatoms. The van der Waals surface area contributed by atoms with Crippen molar-refractivity contribution in [3.8, 4) is 0 Å². The average molecular weight is 380 g/mol. The van der Waals surface area contributed by atoms with Crippen molar-refractivity contribution in [3.63, 3.8) is 0 Å². The van der Waals surface area contributed by atoms with Gasteiger partial charge in [0.05, 0.1) is 12.1 Å². The van der Waals surface area contributed by atoms with E-state index in [1.807, 2.05) is 41.7 Å². The highest BCUT2D eigenvalue weighted by atomic mass is 16.6. The van der Waals surface area contributed by atoms with Crippen LogP contribution in [0.5, 0.6) is 0 Å². The van der Waals surface area contributed by atoms with E-state index in [-0.39, 0.29) is 24.2 Å². The van der Waals surface area contributed by atoms with Crippen LogP contribution in [0.15, 0.2) is 6.33 Å². The van der Waals surface area contributed by atoms with Gasteiger partial charge in [-0.3, -0.25) is 0 Å². The van der Waals surface area contributed by atoms with Crippen molar-refractivity contribution >= 4 is 12.1 Å². The predicted molar refractivity (Wildman–Crippen MR) is 101 cm³/mol. The second-order valence-electron chi connectivity index (χ2n) is 8.16. The van der Waals surface area contributed by atoms with Crippen LogP contribution in [0.2, 0.25) is 0 Å². The second-order valence-corrected chi connectivity index (χ2v) is 8.16. The Kier molecular flexibility index (Phi) is 6.67. The minimum Gasteiger partial charge on any atom is -0.444 e. The monoisotopic (exact) mass is 380 g/mol. The molecule has 3 unspecified atom stereocenters. The zero-order valence-electron chi connectivity index (χ0n) is 17.2. The SMILES string of the molecule is CC(NC(=O)N1CCCCC1C(C)NC(=O)OC(C)(C)C)c1nncn1C. The van der Waals surface area contributed by atoms with Crippen molar-refractivity contribution in [3.05, 3.63) is 12.2 Å². The minimum atomic E-state index is -0.557. The summed E-state index contributed by atoms with van der Waals surface area (Å²) in [5.74, 6) is 0.692. The number of alkyl carbamates (subject to hydrolysis) is 1. The normalized spacial score (nSPS) is 19.9. The van der Waals surface area contributed by atoms with Crippen LogP contribution in [-0.4, -0.2) is 56.0 Å². The first kappa shape index (κ1) is 21.0. The molecule has 1 aromatic heterocycles. The van der Waals surface area contributed by atoms with E-state index in [0.29, 0.717) is 12.4 Å². The Balaban J connectivity index is 1.99. The number of carbonyl (C=O) groups excluding carboxylic acids is 2. The van der Waals surface area contributed by atoms with E-state index in [2.05, 4.69) is 20.8 Å². The van der Waals surface area contributed by atoms with E-state index < -0.39 is 11.7 Å². The molecule has 1 aliphatic heterocycles. The molecular formula is C18H32N6O3. The molecule has 1 aliphatic rings. The van der Waals surface area contributed by atoms with E-state index in [9.17, 15) is 9.59 Å². The van der Waals surface area contributed by atoms with Gasteiger partial charge in [0.25, 0.3) is 0 Å². The van der Waals surface area contributed by atoms with Gasteiger partial charge in [0.1, 0.15) is 11.9 Å². The lowest BCUT2D eigenvalue weighted by Crippen LogP contribution is -2.57. The fourth-order valence-electron chi connectivity index (χ4n) is 3.34. The van der Waals surface area contributed by atoms with E-state index in [4.69, 9.17) is 4.74 Å². The van der Waals surface area contributed by atoms with Gasteiger partial charge < -0.3 is 24.8 Å². The largest absolute Gasteiger partial charge is 0.444 e. The summed E-state index contributed by atoms with van der Waals surface area (Å²) >= 11 is 0. The van der Waals surface area contributed by atoms with Crippen molar-refractivity contribution < 1.29 is 14.3 Å². The van der Waals surface area contributed by atoms with Gasteiger partial charge in [-0.1, -0.05) is 0 Å². The summed E-state index contributed by atoms with van der Waals surface area (Å²) in [6.45, 7) is 9.92. The summed E-state index contributed by atoms with van der Waals surface area (Å²) in [6, 6.07) is -0.719. The number of aromatic nitrogens is 3. The number of likely N-dealkylation sites (tertiary alicyclic amines) is 1. The summed E-state index contributed by atoms with van der Waals surface area (Å²) in [5, 5.41) is 13.8. The van der Waals surface area contributed by atoms with Crippen LogP contribution in [0.25, 0.3) is 0 Å². The van der Waals surface area contributed by atoms with E-state index in [0.717, 1.165) is 19.3 Å². The Labute approximate surface area is 160 Å². The van der Waals surface area contributed by atoms with Crippen LogP contribution in [0.3, 0.4) is 0 Å². The van der Waals surface area contributed by atoms with Crippen LogP contribution >= 0.6 is 0 Å². The quantitative estimate of drug-likeness (QED) is 0.835. The Morgan fingerprint density at radius 2 is 1.96 bits per heavy atom. The number of nitrogens with zero attached hydrogens (tertiary/aromatic N) is 4. The van der Waals surface area contributed by atoms with Crippen LogP contribution < -0.4 is 10.6 Å². The molecule has 1 aromatic rings. The summed E-state index contributed by atoms with van der Waals surface area (Å²) in [4.78, 5) is 26.8. The highest BCUT2D eigenvalue weighted by Crippen LogP contribution is 2.21.